The molecular formula is C24H36BrN3O5. The molecule has 1 spiro atoms. The summed E-state index contributed by atoms with van der Waals surface area (Å²) in [6.45, 7) is 14.4. The van der Waals surface area contributed by atoms with E-state index in [9.17, 15) is 19.5 Å². The maximum Gasteiger partial charge on any atom is 0.248 e. The maximum absolute atomic E-state index is 13.9. The Morgan fingerprint density at radius 1 is 1.30 bits per heavy atom. The summed E-state index contributed by atoms with van der Waals surface area (Å²) >= 11 is 3.68. The molecule has 6 atom stereocenters. The van der Waals surface area contributed by atoms with Gasteiger partial charge in [-0.1, -0.05) is 35.0 Å². The summed E-state index contributed by atoms with van der Waals surface area (Å²) in [6, 6.07) is -1.01. The largest absolute Gasteiger partial charge is 0.395 e. The summed E-state index contributed by atoms with van der Waals surface area (Å²) < 4.78 is 6.49. The topological polar surface area (TPSA) is 90.4 Å². The van der Waals surface area contributed by atoms with Crippen molar-refractivity contribution in [2.45, 2.75) is 62.2 Å². The second kappa shape index (κ2) is 10.3. The molecule has 0 aromatic heterocycles. The lowest BCUT2D eigenvalue weighted by Gasteiger charge is -2.38. The van der Waals surface area contributed by atoms with E-state index in [1.807, 2.05) is 20.8 Å². The van der Waals surface area contributed by atoms with Crippen LogP contribution in [-0.2, 0) is 19.1 Å². The first-order valence-corrected chi connectivity index (χ1v) is 12.7. The summed E-state index contributed by atoms with van der Waals surface area (Å²) in [5.74, 6) is -2.12. The molecule has 0 radical (unpaired) electrons. The molecule has 2 bridgehead atoms. The Hall–Kier alpha value is -1.71. The summed E-state index contributed by atoms with van der Waals surface area (Å²) in [4.78, 5) is 45.9. The third kappa shape index (κ3) is 4.17. The third-order valence-electron chi connectivity index (χ3n) is 7.04. The number of amides is 3. The van der Waals surface area contributed by atoms with E-state index in [1.54, 1.807) is 22.0 Å². The van der Waals surface area contributed by atoms with Crippen molar-refractivity contribution in [3.63, 3.8) is 0 Å². The van der Waals surface area contributed by atoms with Crippen LogP contribution in [0.15, 0.2) is 25.3 Å². The van der Waals surface area contributed by atoms with Crippen LogP contribution in [-0.4, -0.2) is 98.9 Å². The van der Waals surface area contributed by atoms with Gasteiger partial charge in [0, 0.05) is 37.0 Å². The highest BCUT2D eigenvalue weighted by Gasteiger charge is 2.76. The van der Waals surface area contributed by atoms with E-state index in [4.69, 9.17) is 4.74 Å². The summed E-state index contributed by atoms with van der Waals surface area (Å²) in [5.41, 5.74) is -1.11. The molecule has 33 heavy (non-hydrogen) atoms. The Morgan fingerprint density at radius 3 is 2.52 bits per heavy atom. The molecular weight excluding hydrogens is 490 g/mol. The first-order valence-electron chi connectivity index (χ1n) is 11.7. The number of hydrogen-bond acceptors (Lipinski definition) is 5. The lowest BCUT2D eigenvalue weighted by molar-refractivity contribution is -0.150. The average Bonchev–Trinajstić information content (AvgIpc) is 3.35. The minimum Gasteiger partial charge on any atom is -0.395 e. The van der Waals surface area contributed by atoms with Crippen LogP contribution < -0.4 is 0 Å². The van der Waals surface area contributed by atoms with E-state index in [-0.39, 0.29) is 41.7 Å². The van der Waals surface area contributed by atoms with Crippen LogP contribution in [0, 0.1) is 11.8 Å². The predicted octanol–water partition coefficient (Wildman–Crippen LogP) is 1.57. The highest BCUT2D eigenvalue weighted by atomic mass is 79.9. The Kier molecular flexibility index (Phi) is 8.07. The Balaban J connectivity index is 2.06. The first-order chi connectivity index (χ1) is 15.7. The third-order valence-corrected chi connectivity index (χ3v) is 7.88. The van der Waals surface area contributed by atoms with Gasteiger partial charge in [0.25, 0.3) is 0 Å². The van der Waals surface area contributed by atoms with Gasteiger partial charge >= 0.3 is 0 Å². The average molecular weight is 526 g/mol. The number of hydrogen-bond donors (Lipinski definition) is 1. The molecule has 1 N–H and O–H groups in total. The molecule has 0 aliphatic carbocycles. The fourth-order valence-corrected chi connectivity index (χ4v) is 6.76. The van der Waals surface area contributed by atoms with Gasteiger partial charge in [-0.15, -0.1) is 13.2 Å². The molecule has 3 heterocycles. The van der Waals surface area contributed by atoms with E-state index in [0.29, 0.717) is 26.1 Å². The van der Waals surface area contributed by atoms with Crippen molar-refractivity contribution < 1.29 is 24.2 Å². The molecule has 0 saturated carbocycles. The zero-order chi connectivity index (χ0) is 24.5. The van der Waals surface area contributed by atoms with Crippen LogP contribution >= 0.6 is 15.9 Å². The molecule has 3 amide bonds. The smallest absolute Gasteiger partial charge is 0.248 e. The van der Waals surface area contributed by atoms with Gasteiger partial charge in [0.2, 0.25) is 17.7 Å². The van der Waals surface area contributed by atoms with E-state index in [0.717, 1.165) is 6.42 Å². The Labute approximate surface area is 204 Å². The second-order valence-electron chi connectivity index (χ2n) is 9.36. The van der Waals surface area contributed by atoms with Crippen molar-refractivity contribution in [3.05, 3.63) is 25.3 Å². The molecule has 3 aliphatic heterocycles. The van der Waals surface area contributed by atoms with Crippen molar-refractivity contribution in [3.8, 4) is 0 Å². The van der Waals surface area contributed by atoms with E-state index >= 15 is 0 Å². The van der Waals surface area contributed by atoms with Crippen molar-refractivity contribution >= 4 is 33.7 Å². The Bertz CT molecular complexity index is 805. The van der Waals surface area contributed by atoms with Crippen LogP contribution in [0.1, 0.15) is 33.6 Å². The van der Waals surface area contributed by atoms with Crippen LogP contribution in [0.5, 0.6) is 0 Å². The predicted molar refractivity (Wildman–Crippen MR) is 129 cm³/mol. The summed E-state index contributed by atoms with van der Waals surface area (Å²) in [7, 11) is 0. The van der Waals surface area contributed by atoms with E-state index in [1.165, 1.54) is 4.90 Å². The van der Waals surface area contributed by atoms with E-state index < -0.39 is 29.6 Å². The number of fused-ring (bicyclic) bond motifs is 1. The number of β-amino-alcohol motifs (C(OH)–C–C–N with tert-alkyl or cyclic N) is 1. The highest BCUT2D eigenvalue weighted by Crippen LogP contribution is 2.60. The second-order valence-corrected chi connectivity index (χ2v) is 10.5. The van der Waals surface area contributed by atoms with Gasteiger partial charge < -0.3 is 24.5 Å². The van der Waals surface area contributed by atoms with Gasteiger partial charge in [-0.25, -0.2) is 0 Å². The molecule has 8 nitrogen and oxygen atoms in total. The van der Waals surface area contributed by atoms with E-state index in [2.05, 4.69) is 29.1 Å². The number of nitrogens with zero attached hydrogens (tertiary/aromatic N) is 3. The number of carbonyl (C=O) groups is 3. The molecule has 3 rings (SSSR count). The SMILES string of the molecule is C=CCN(CCC)C(=O)[C@H]1[C@@H]2OC3(CC2Br)C(C(=O)N(CC=C)C(C)C)N(CCO)C(=O)[C@H]13. The number of alkyl halides is 1. The lowest BCUT2D eigenvalue weighted by atomic mass is 9.70. The number of aliphatic hydroxyl groups is 1. The molecule has 3 saturated heterocycles. The highest BCUT2D eigenvalue weighted by molar-refractivity contribution is 9.09. The normalized spacial score (nSPS) is 32.2. The van der Waals surface area contributed by atoms with Crippen LogP contribution in [0.3, 0.4) is 0 Å². The molecule has 9 heteroatoms. The molecule has 3 aliphatic rings. The Morgan fingerprint density at radius 2 is 1.97 bits per heavy atom. The molecule has 3 fully saturated rings. The van der Waals surface area contributed by atoms with Gasteiger partial charge in [-0.2, -0.15) is 0 Å². The number of ether oxygens (including phenoxy) is 1. The van der Waals surface area contributed by atoms with Crippen LogP contribution in [0.2, 0.25) is 0 Å². The number of likely N-dealkylation sites (tertiary alicyclic amines) is 1. The number of halogens is 1. The summed E-state index contributed by atoms with van der Waals surface area (Å²) in [5, 5.41) is 9.71. The number of rotatable bonds is 11. The summed E-state index contributed by atoms with van der Waals surface area (Å²) in [6.07, 6.45) is 4.08. The fraction of sp³-hybridized carbons (Fsp3) is 0.708. The number of carbonyl (C=O) groups excluding carboxylic acids is 3. The van der Waals surface area contributed by atoms with Gasteiger partial charge in [-0.05, 0) is 26.7 Å². The van der Waals surface area contributed by atoms with Crippen molar-refractivity contribution in [2.24, 2.45) is 11.8 Å². The lowest BCUT2D eigenvalue weighted by Crippen LogP contribution is -2.58. The molecule has 3 unspecified atom stereocenters. The fourth-order valence-electron chi connectivity index (χ4n) is 5.82. The van der Waals surface area contributed by atoms with Gasteiger partial charge in [0.15, 0.2) is 0 Å². The van der Waals surface area contributed by atoms with Gasteiger partial charge in [-0.3, -0.25) is 14.4 Å². The standard InChI is InChI=1S/C24H36BrN3O5/c1-6-9-26(10-7-2)21(30)17-18-22(31)28(12-13-29)20(23(32)27(11-8-3)15(4)5)24(18)14-16(25)19(17)33-24/h6,8,15-20,29H,1,3,7,9-14H2,2,4-5H3/t16?,17-,18+,19-,20?,24?/m1/s1. The van der Waals surface area contributed by atoms with Crippen LogP contribution in [0.4, 0.5) is 0 Å². The van der Waals surface area contributed by atoms with Crippen molar-refractivity contribution in [1.29, 1.82) is 0 Å². The number of aliphatic hydroxyl groups excluding tert-OH is 1. The van der Waals surface area contributed by atoms with Gasteiger partial charge in [0.05, 0.1) is 24.5 Å². The quantitative estimate of drug-likeness (QED) is 0.326. The minimum atomic E-state index is -1.11. The maximum atomic E-state index is 13.9. The molecule has 0 aromatic carbocycles. The van der Waals surface area contributed by atoms with Crippen LogP contribution in [0.25, 0.3) is 0 Å². The zero-order valence-corrected chi connectivity index (χ0v) is 21.4. The molecule has 0 aromatic rings. The minimum absolute atomic E-state index is 0.0146. The zero-order valence-electron chi connectivity index (χ0n) is 19.8. The van der Waals surface area contributed by atoms with Crippen molar-refractivity contribution in [2.75, 3.05) is 32.8 Å². The van der Waals surface area contributed by atoms with Gasteiger partial charge in [0.1, 0.15) is 11.6 Å². The first kappa shape index (κ1) is 25.9. The van der Waals surface area contributed by atoms with Crippen molar-refractivity contribution in [1.82, 2.24) is 14.7 Å². The monoisotopic (exact) mass is 525 g/mol. The molecule has 184 valence electrons.